The van der Waals surface area contributed by atoms with Crippen molar-refractivity contribution in [1.82, 2.24) is 9.97 Å². The quantitative estimate of drug-likeness (QED) is 0.376. The topological polar surface area (TPSA) is 74.8 Å². The molecule has 2 aromatic rings. The lowest BCUT2D eigenvalue weighted by Crippen LogP contribution is -2.16. The Labute approximate surface area is 164 Å². The average Bonchev–Trinajstić information content (AvgIpc) is 2.57. The summed E-state index contributed by atoms with van der Waals surface area (Å²) in [4.78, 5) is 30.8. The van der Waals surface area contributed by atoms with E-state index in [1.54, 1.807) is 30.0 Å². The van der Waals surface area contributed by atoms with Gasteiger partial charge >= 0.3 is 0 Å². The second-order valence-corrected chi connectivity index (χ2v) is 7.89. The van der Waals surface area contributed by atoms with Crippen LogP contribution in [0, 0.1) is 0 Å². The van der Waals surface area contributed by atoms with Crippen molar-refractivity contribution in [3.8, 4) is 0 Å². The second kappa shape index (κ2) is 10.1. The van der Waals surface area contributed by atoms with Crippen molar-refractivity contribution in [2.75, 3.05) is 16.8 Å². The molecule has 0 atom stereocenters. The number of halogens is 2. The van der Waals surface area contributed by atoms with Crippen molar-refractivity contribution in [1.29, 1.82) is 0 Å². The fourth-order valence-electron chi connectivity index (χ4n) is 1.87. The largest absolute Gasteiger partial charge is 0.324 e. The number of carbonyl (C=O) groups excluding carboxylic acids is 1. The smallest absolute Gasteiger partial charge is 0.251 e. The highest BCUT2D eigenvalue weighted by Crippen LogP contribution is 2.29. The van der Waals surface area contributed by atoms with Gasteiger partial charge in [0, 0.05) is 11.8 Å². The van der Waals surface area contributed by atoms with Gasteiger partial charge in [0.15, 0.2) is 5.16 Å². The van der Waals surface area contributed by atoms with E-state index in [4.69, 9.17) is 23.2 Å². The lowest BCUT2D eigenvalue weighted by atomic mass is 10.3. The first-order valence-corrected chi connectivity index (χ1v) is 10.4. The fourth-order valence-corrected chi connectivity index (χ4v) is 3.70. The zero-order valence-electron chi connectivity index (χ0n) is 13.5. The molecule has 0 aliphatic rings. The van der Waals surface area contributed by atoms with Crippen LogP contribution >= 0.6 is 46.7 Å². The zero-order valence-corrected chi connectivity index (χ0v) is 16.6. The van der Waals surface area contributed by atoms with Gasteiger partial charge in [-0.3, -0.25) is 9.59 Å². The molecule has 0 aliphatic carbocycles. The molecule has 5 nitrogen and oxygen atoms in total. The molecule has 2 rings (SSSR count). The third-order valence-corrected chi connectivity index (χ3v) is 5.83. The first kappa shape index (κ1) is 20.2. The standard InChI is InChI=1S/C16H17Cl2N3O2S2/c1-2-6-24-8-10-7-13(22)21-16(19-10)25-9-14(23)20-12-5-3-4-11(17)15(12)18/h3-5,7H,2,6,8-9H2,1H3,(H,20,23)(H,19,21,22). The van der Waals surface area contributed by atoms with E-state index >= 15 is 0 Å². The van der Waals surface area contributed by atoms with Gasteiger partial charge in [0.1, 0.15) is 0 Å². The first-order chi connectivity index (χ1) is 12.0. The van der Waals surface area contributed by atoms with Crippen molar-refractivity contribution in [3.05, 3.63) is 50.4 Å². The van der Waals surface area contributed by atoms with E-state index < -0.39 is 0 Å². The molecule has 0 saturated heterocycles. The van der Waals surface area contributed by atoms with Crippen LogP contribution in [-0.4, -0.2) is 27.4 Å². The molecule has 1 heterocycles. The van der Waals surface area contributed by atoms with Gasteiger partial charge in [-0.05, 0) is 24.3 Å². The molecule has 0 saturated carbocycles. The number of amides is 1. The van der Waals surface area contributed by atoms with E-state index in [9.17, 15) is 9.59 Å². The molecule has 0 spiro atoms. The van der Waals surface area contributed by atoms with E-state index in [1.807, 2.05) is 0 Å². The van der Waals surface area contributed by atoms with Crippen LogP contribution in [0.15, 0.2) is 34.2 Å². The van der Waals surface area contributed by atoms with Gasteiger partial charge in [-0.15, -0.1) is 0 Å². The molecule has 0 bridgehead atoms. The number of rotatable bonds is 8. The number of benzene rings is 1. The summed E-state index contributed by atoms with van der Waals surface area (Å²) >= 11 is 14.8. The number of aromatic amines is 1. The van der Waals surface area contributed by atoms with Crippen molar-refractivity contribution < 1.29 is 4.79 Å². The summed E-state index contributed by atoms with van der Waals surface area (Å²) < 4.78 is 0. The number of thioether (sulfide) groups is 2. The maximum absolute atomic E-state index is 12.1. The van der Waals surface area contributed by atoms with E-state index in [0.717, 1.165) is 23.9 Å². The molecule has 0 fully saturated rings. The number of hydrogen-bond acceptors (Lipinski definition) is 5. The summed E-state index contributed by atoms with van der Waals surface area (Å²) in [6.07, 6.45) is 1.07. The predicted octanol–water partition coefficient (Wildman–Crippen LogP) is 4.45. The minimum atomic E-state index is -0.262. The fraction of sp³-hybridized carbons (Fsp3) is 0.312. The Bertz CT molecular complexity index is 799. The highest BCUT2D eigenvalue weighted by Gasteiger charge is 2.10. The Kier molecular flexibility index (Phi) is 8.15. The van der Waals surface area contributed by atoms with Crippen LogP contribution in [-0.2, 0) is 10.5 Å². The average molecular weight is 418 g/mol. The van der Waals surface area contributed by atoms with E-state index in [0.29, 0.717) is 32.3 Å². The van der Waals surface area contributed by atoms with Gasteiger partial charge in [-0.2, -0.15) is 11.8 Å². The van der Waals surface area contributed by atoms with Crippen LogP contribution in [0.2, 0.25) is 10.0 Å². The first-order valence-electron chi connectivity index (χ1n) is 7.54. The highest BCUT2D eigenvalue weighted by atomic mass is 35.5. The van der Waals surface area contributed by atoms with Crippen LogP contribution in [0.25, 0.3) is 0 Å². The SMILES string of the molecule is CCCSCc1cc(=O)[nH]c(SCC(=O)Nc2cccc(Cl)c2Cl)n1. The van der Waals surface area contributed by atoms with Gasteiger partial charge < -0.3 is 10.3 Å². The maximum Gasteiger partial charge on any atom is 0.251 e. The predicted molar refractivity (Wildman–Crippen MR) is 107 cm³/mol. The number of nitrogens with one attached hydrogen (secondary N) is 2. The Morgan fingerprint density at radius 2 is 2.16 bits per heavy atom. The van der Waals surface area contributed by atoms with Crippen molar-refractivity contribution in [3.63, 3.8) is 0 Å². The number of aromatic nitrogens is 2. The molecular formula is C16H17Cl2N3O2S2. The molecule has 9 heteroatoms. The molecule has 0 unspecified atom stereocenters. The number of nitrogens with zero attached hydrogens (tertiary/aromatic N) is 1. The van der Waals surface area contributed by atoms with Crippen LogP contribution in [0.4, 0.5) is 5.69 Å². The molecule has 134 valence electrons. The van der Waals surface area contributed by atoms with E-state index in [1.165, 1.54) is 6.07 Å². The molecule has 0 radical (unpaired) electrons. The van der Waals surface area contributed by atoms with Crippen LogP contribution in [0.1, 0.15) is 19.0 Å². The minimum Gasteiger partial charge on any atom is -0.324 e. The van der Waals surface area contributed by atoms with Gasteiger partial charge in [-0.1, -0.05) is 48.0 Å². The van der Waals surface area contributed by atoms with Gasteiger partial charge in [0.05, 0.1) is 27.2 Å². The van der Waals surface area contributed by atoms with Gasteiger partial charge in [0.25, 0.3) is 5.56 Å². The third-order valence-electron chi connectivity index (χ3n) is 2.94. The Morgan fingerprint density at radius 1 is 1.36 bits per heavy atom. The lowest BCUT2D eigenvalue weighted by Gasteiger charge is -2.08. The maximum atomic E-state index is 12.1. The van der Waals surface area contributed by atoms with Gasteiger partial charge in [0.2, 0.25) is 5.91 Å². The minimum absolute atomic E-state index is 0.0946. The third kappa shape index (κ3) is 6.58. The molecule has 25 heavy (non-hydrogen) atoms. The summed E-state index contributed by atoms with van der Waals surface area (Å²) in [6.45, 7) is 2.10. The summed E-state index contributed by atoms with van der Waals surface area (Å²) in [5.74, 6) is 1.52. The summed E-state index contributed by atoms with van der Waals surface area (Å²) in [7, 11) is 0. The van der Waals surface area contributed by atoms with Crippen LogP contribution < -0.4 is 10.9 Å². The Morgan fingerprint density at radius 3 is 2.92 bits per heavy atom. The van der Waals surface area contributed by atoms with Crippen molar-refractivity contribution >= 4 is 58.3 Å². The number of H-pyrrole nitrogens is 1. The normalized spacial score (nSPS) is 10.7. The van der Waals surface area contributed by atoms with Crippen molar-refractivity contribution in [2.24, 2.45) is 0 Å². The monoisotopic (exact) mass is 417 g/mol. The van der Waals surface area contributed by atoms with E-state index in [-0.39, 0.29) is 17.2 Å². The summed E-state index contributed by atoms with van der Waals surface area (Å²) in [5.41, 5.74) is 0.942. The molecule has 1 amide bonds. The molecule has 1 aromatic heterocycles. The zero-order chi connectivity index (χ0) is 18.2. The van der Waals surface area contributed by atoms with Crippen LogP contribution in [0.5, 0.6) is 0 Å². The van der Waals surface area contributed by atoms with E-state index in [2.05, 4.69) is 22.2 Å². The van der Waals surface area contributed by atoms with Crippen molar-refractivity contribution in [2.45, 2.75) is 24.3 Å². The molecular weight excluding hydrogens is 401 g/mol. The van der Waals surface area contributed by atoms with Gasteiger partial charge in [-0.25, -0.2) is 4.98 Å². The number of hydrogen-bond donors (Lipinski definition) is 2. The molecule has 1 aromatic carbocycles. The lowest BCUT2D eigenvalue weighted by molar-refractivity contribution is -0.113. The summed E-state index contributed by atoms with van der Waals surface area (Å²) in [5, 5.41) is 3.78. The van der Waals surface area contributed by atoms with Crippen LogP contribution in [0.3, 0.4) is 0 Å². The Balaban J connectivity index is 1.95. The molecule has 2 N–H and O–H groups in total. The Hall–Kier alpha value is -1.15. The highest BCUT2D eigenvalue weighted by molar-refractivity contribution is 7.99. The number of carbonyl (C=O) groups is 1. The second-order valence-electron chi connectivity index (χ2n) is 5.03. The number of anilines is 1. The molecule has 0 aliphatic heterocycles. The summed E-state index contributed by atoms with van der Waals surface area (Å²) in [6, 6.07) is 6.50.